The third-order valence-corrected chi connectivity index (χ3v) is 7.05. The Labute approximate surface area is 194 Å². The van der Waals surface area contributed by atoms with Crippen molar-refractivity contribution >= 4 is 35.0 Å². The SMILES string of the molecule is CNC(=O)[C@H]1Cc2conc2-c2c3c(nn2C1)CCN(C(=O)c1ccc(Cl)c(Cl)c1)[C@@H]3C. The highest BCUT2D eigenvalue weighted by Gasteiger charge is 2.38. The molecule has 5 rings (SSSR count). The summed E-state index contributed by atoms with van der Waals surface area (Å²) in [5.74, 6) is -0.466. The van der Waals surface area contributed by atoms with Gasteiger partial charge in [-0.05, 0) is 31.5 Å². The third-order valence-electron chi connectivity index (χ3n) is 6.31. The van der Waals surface area contributed by atoms with Crippen molar-refractivity contribution in [3.05, 3.63) is 56.9 Å². The molecule has 4 heterocycles. The average Bonchev–Trinajstić information content (AvgIpc) is 3.35. The average molecular weight is 474 g/mol. The Bertz CT molecular complexity index is 1230. The monoisotopic (exact) mass is 473 g/mol. The summed E-state index contributed by atoms with van der Waals surface area (Å²) in [5, 5.41) is 12.5. The minimum Gasteiger partial charge on any atom is -0.364 e. The molecule has 8 nitrogen and oxygen atoms in total. The third kappa shape index (κ3) is 3.29. The maximum atomic E-state index is 13.3. The number of carbonyl (C=O) groups excluding carboxylic acids is 2. The van der Waals surface area contributed by atoms with Gasteiger partial charge in [0.25, 0.3) is 5.91 Å². The molecule has 1 N–H and O–H groups in total. The Kier molecular flexibility index (Phi) is 5.22. The maximum Gasteiger partial charge on any atom is 0.254 e. The summed E-state index contributed by atoms with van der Waals surface area (Å²) in [6.45, 7) is 2.94. The summed E-state index contributed by atoms with van der Waals surface area (Å²) in [5.41, 5.74) is 4.69. The van der Waals surface area contributed by atoms with Crippen LogP contribution < -0.4 is 5.32 Å². The van der Waals surface area contributed by atoms with Crippen LogP contribution in [0.3, 0.4) is 0 Å². The number of benzene rings is 1. The van der Waals surface area contributed by atoms with Gasteiger partial charge < -0.3 is 14.7 Å². The van der Waals surface area contributed by atoms with Crippen LogP contribution in [0.25, 0.3) is 11.4 Å². The molecule has 0 saturated carbocycles. The molecule has 0 saturated heterocycles. The number of fused-ring (bicyclic) bond motifs is 5. The van der Waals surface area contributed by atoms with Gasteiger partial charge in [0.05, 0.1) is 39.9 Å². The molecule has 32 heavy (non-hydrogen) atoms. The Hall–Kier alpha value is -2.84. The second kappa shape index (κ2) is 7.94. The molecule has 2 aliphatic rings. The number of aromatic nitrogens is 3. The highest BCUT2D eigenvalue weighted by Crippen LogP contribution is 2.41. The van der Waals surface area contributed by atoms with Gasteiger partial charge >= 0.3 is 0 Å². The number of hydrogen-bond acceptors (Lipinski definition) is 5. The molecular formula is C22H21Cl2N5O3. The van der Waals surface area contributed by atoms with Crippen LogP contribution >= 0.6 is 23.2 Å². The van der Waals surface area contributed by atoms with Gasteiger partial charge in [0.2, 0.25) is 5.91 Å². The van der Waals surface area contributed by atoms with Gasteiger partial charge in [-0.25, -0.2) is 0 Å². The summed E-state index contributed by atoms with van der Waals surface area (Å²) < 4.78 is 7.12. The van der Waals surface area contributed by atoms with Gasteiger partial charge in [-0.3, -0.25) is 14.3 Å². The van der Waals surface area contributed by atoms with E-state index in [1.54, 1.807) is 31.5 Å². The van der Waals surface area contributed by atoms with Crippen molar-refractivity contribution in [1.82, 2.24) is 25.2 Å². The molecule has 2 atom stereocenters. The highest BCUT2D eigenvalue weighted by molar-refractivity contribution is 6.42. The molecule has 0 fully saturated rings. The molecule has 2 aliphatic heterocycles. The van der Waals surface area contributed by atoms with Crippen molar-refractivity contribution in [3.8, 4) is 11.4 Å². The molecule has 0 aliphatic carbocycles. The van der Waals surface area contributed by atoms with Gasteiger partial charge in [0.15, 0.2) is 0 Å². The van der Waals surface area contributed by atoms with Crippen LogP contribution in [0.15, 0.2) is 29.0 Å². The van der Waals surface area contributed by atoms with Crippen LogP contribution in [0.5, 0.6) is 0 Å². The molecule has 166 valence electrons. The summed E-state index contributed by atoms with van der Waals surface area (Å²) in [4.78, 5) is 27.6. The largest absolute Gasteiger partial charge is 0.364 e. The van der Waals surface area contributed by atoms with E-state index >= 15 is 0 Å². The fourth-order valence-electron chi connectivity index (χ4n) is 4.69. The minimum absolute atomic E-state index is 0.0528. The van der Waals surface area contributed by atoms with E-state index in [4.69, 9.17) is 32.8 Å². The van der Waals surface area contributed by atoms with E-state index in [0.29, 0.717) is 47.2 Å². The van der Waals surface area contributed by atoms with Crippen molar-refractivity contribution in [2.75, 3.05) is 13.6 Å². The fourth-order valence-corrected chi connectivity index (χ4v) is 4.99. The number of halogens is 2. The van der Waals surface area contributed by atoms with E-state index in [0.717, 1.165) is 22.5 Å². The number of carbonyl (C=O) groups is 2. The number of rotatable bonds is 2. The number of nitrogens with zero attached hydrogens (tertiary/aromatic N) is 4. The first kappa shape index (κ1) is 21.0. The molecule has 10 heteroatoms. The van der Waals surface area contributed by atoms with Gasteiger partial charge in [0, 0.05) is 36.7 Å². The normalized spacial score (nSPS) is 19.6. The van der Waals surface area contributed by atoms with E-state index in [1.165, 1.54) is 0 Å². The van der Waals surface area contributed by atoms with Crippen molar-refractivity contribution in [1.29, 1.82) is 0 Å². The van der Waals surface area contributed by atoms with Crippen molar-refractivity contribution < 1.29 is 14.1 Å². The lowest BCUT2D eigenvalue weighted by Gasteiger charge is -2.33. The molecule has 1 aromatic carbocycles. The molecule has 0 unspecified atom stereocenters. The van der Waals surface area contributed by atoms with Crippen molar-refractivity contribution in [2.24, 2.45) is 5.92 Å². The lowest BCUT2D eigenvalue weighted by molar-refractivity contribution is -0.124. The number of amides is 2. The van der Waals surface area contributed by atoms with E-state index < -0.39 is 0 Å². The van der Waals surface area contributed by atoms with E-state index in [-0.39, 0.29) is 23.8 Å². The Morgan fingerprint density at radius 3 is 2.81 bits per heavy atom. The first-order valence-corrected chi connectivity index (χ1v) is 11.2. The molecule has 0 bridgehead atoms. The molecule has 3 aromatic rings. The Morgan fingerprint density at radius 1 is 1.25 bits per heavy atom. The number of nitrogens with one attached hydrogen (secondary N) is 1. The zero-order chi connectivity index (χ0) is 22.6. The predicted octanol–water partition coefficient (Wildman–Crippen LogP) is 3.52. The van der Waals surface area contributed by atoms with E-state index in [2.05, 4.69) is 10.5 Å². The minimum atomic E-state index is -0.287. The zero-order valence-corrected chi connectivity index (χ0v) is 19.1. The summed E-state index contributed by atoms with van der Waals surface area (Å²) in [6.07, 6.45) is 2.70. The second-order valence-electron chi connectivity index (χ2n) is 8.15. The van der Waals surface area contributed by atoms with Crippen LogP contribution in [0.1, 0.15) is 40.1 Å². The molecule has 0 spiro atoms. The summed E-state index contributed by atoms with van der Waals surface area (Å²) >= 11 is 12.2. The lowest BCUT2D eigenvalue weighted by atomic mass is 9.94. The lowest BCUT2D eigenvalue weighted by Crippen LogP contribution is -2.38. The van der Waals surface area contributed by atoms with E-state index in [9.17, 15) is 9.59 Å². The zero-order valence-electron chi connectivity index (χ0n) is 17.6. The van der Waals surface area contributed by atoms with Crippen molar-refractivity contribution in [2.45, 2.75) is 32.4 Å². The second-order valence-corrected chi connectivity index (χ2v) is 8.96. The Balaban J connectivity index is 1.56. The quantitative estimate of drug-likeness (QED) is 0.614. The van der Waals surface area contributed by atoms with Gasteiger partial charge in [-0.2, -0.15) is 5.10 Å². The molecule has 0 radical (unpaired) electrons. The smallest absolute Gasteiger partial charge is 0.254 e. The summed E-state index contributed by atoms with van der Waals surface area (Å²) in [6, 6.07) is 4.66. The molecule has 2 aromatic heterocycles. The maximum absolute atomic E-state index is 13.3. The van der Waals surface area contributed by atoms with Crippen LogP contribution in [0, 0.1) is 5.92 Å². The standard InChI is InChI=1S/C22H21Cl2N5O3/c1-11-18-17(5-6-28(11)22(31)12-3-4-15(23)16(24)8-12)26-29-9-13(21(30)25-2)7-14-10-32-27-19(14)20(18)29/h3-4,8,10-11,13H,5-7,9H2,1-2H3,(H,25,30)/t11-,13+/m1/s1. The molecular weight excluding hydrogens is 453 g/mol. The summed E-state index contributed by atoms with van der Waals surface area (Å²) in [7, 11) is 1.63. The Morgan fingerprint density at radius 2 is 2.06 bits per heavy atom. The van der Waals surface area contributed by atoms with Crippen LogP contribution in [0.4, 0.5) is 0 Å². The number of hydrogen-bond donors (Lipinski definition) is 1. The fraction of sp³-hybridized carbons (Fsp3) is 0.364. The van der Waals surface area contributed by atoms with Gasteiger partial charge in [-0.1, -0.05) is 28.4 Å². The van der Waals surface area contributed by atoms with Crippen molar-refractivity contribution in [3.63, 3.8) is 0 Å². The first-order chi connectivity index (χ1) is 15.4. The predicted molar refractivity (Wildman–Crippen MR) is 119 cm³/mol. The van der Waals surface area contributed by atoms with E-state index in [1.807, 2.05) is 16.5 Å². The highest BCUT2D eigenvalue weighted by atomic mass is 35.5. The van der Waals surface area contributed by atoms with Crippen LogP contribution in [0.2, 0.25) is 10.0 Å². The van der Waals surface area contributed by atoms with Gasteiger partial charge in [0.1, 0.15) is 12.0 Å². The van der Waals surface area contributed by atoms with Crippen LogP contribution in [-0.4, -0.2) is 45.2 Å². The first-order valence-electron chi connectivity index (χ1n) is 10.4. The topological polar surface area (TPSA) is 93.3 Å². The van der Waals surface area contributed by atoms with Gasteiger partial charge in [-0.15, -0.1) is 0 Å². The molecule has 2 amide bonds. The van der Waals surface area contributed by atoms with Crippen LogP contribution in [-0.2, 0) is 24.2 Å².